The minimum absolute atomic E-state index is 0.280. The fraction of sp³-hybridized carbons (Fsp3) is 0.385. The lowest BCUT2D eigenvalue weighted by Gasteiger charge is -2.08. The zero-order chi connectivity index (χ0) is 13.0. The van der Waals surface area contributed by atoms with Crippen molar-refractivity contribution >= 4 is 11.6 Å². The van der Waals surface area contributed by atoms with Gasteiger partial charge in [-0.15, -0.1) is 16.7 Å². The highest BCUT2D eigenvalue weighted by molar-refractivity contribution is 6.16. The molecule has 0 unspecified atom stereocenters. The predicted molar refractivity (Wildman–Crippen MR) is 70.8 cm³/mol. The first kappa shape index (κ1) is 12.9. The smallest absolute Gasteiger partial charge is 0.120 e. The Labute approximate surface area is 111 Å². The summed E-state index contributed by atoms with van der Waals surface area (Å²) in [4.78, 5) is 0. The monoisotopic (exact) mass is 265 g/mol. The van der Waals surface area contributed by atoms with Gasteiger partial charge >= 0.3 is 0 Å². The van der Waals surface area contributed by atoms with Gasteiger partial charge < -0.3 is 5.11 Å². The third-order valence-electron chi connectivity index (χ3n) is 2.84. The van der Waals surface area contributed by atoms with Crippen molar-refractivity contribution in [3.8, 4) is 5.75 Å². The largest absolute Gasteiger partial charge is 0.508 e. The van der Waals surface area contributed by atoms with Crippen LogP contribution in [0.1, 0.15) is 30.3 Å². The SMILES string of the molecule is CCCc1c(CCl)nnn1Cc1ccccc1O. The van der Waals surface area contributed by atoms with Crippen LogP contribution >= 0.6 is 11.6 Å². The Morgan fingerprint density at radius 3 is 2.78 bits per heavy atom. The van der Waals surface area contributed by atoms with E-state index in [1.54, 1.807) is 12.1 Å². The standard InChI is InChI=1S/C13H16ClN3O/c1-2-5-12-11(8-14)15-16-17(12)9-10-6-3-4-7-13(10)18/h3-4,6-7,18H,2,5,8-9H2,1H3. The summed E-state index contributed by atoms with van der Waals surface area (Å²) < 4.78 is 1.82. The van der Waals surface area contributed by atoms with Gasteiger partial charge in [0.1, 0.15) is 11.4 Å². The maximum atomic E-state index is 9.77. The van der Waals surface area contributed by atoms with Crippen LogP contribution in [-0.2, 0) is 18.8 Å². The lowest BCUT2D eigenvalue weighted by Crippen LogP contribution is -2.07. The highest BCUT2D eigenvalue weighted by Gasteiger charge is 2.12. The van der Waals surface area contributed by atoms with Gasteiger partial charge in [0.05, 0.1) is 18.1 Å². The maximum Gasteiger partial charge on any atom is 0.120 e. The first-order valence-electron chi connectivity index (χ1n) is 6.00. The predicted octanol–water partition coefficient (Wildman–Crippen LogP) is 2.72. The molecule has 0 radical (unpaired) electrons. The fourth-order valence-corrected chi connectivity index (χ4v) is 2.12. The molecule has 2 aromatic rings. The number of aromatic nitrogens is 3. The molecule has 1 aromatic carbocycles. The molecule has 0 aliphatic carbocycles. The van der Waals surface area contributed by atoms with Crippen molar-refractivity contribution in [3.05, 3.63) is 41.2 Å². The van der Waals surface area contributed by atoms with Crippen LogP contribution in [-0.4, -0.2) is 20.1 Å². The number of halogens is 1. The summed E-state index contributed by atoms with van der Waals surface area (Å²) in [5.74, 6) is 0.652. The quantitative estimate of drug-likeness (QED) is 0.846. The molecule has 1 aromatic heterocycles. The number of nitrogens with zero attached hydrogens (tertiary/aromatic N) is 3. The molecule has 18 heavy (non-hydrogen) atoms. The number of para-hydroxylation sites is 1. The van der Waals surface area contributed by atoms with Crippen LogP contribution in [0.15, 0.2) is 24.3 Å². The van der Waals surface area contributed by atoms with Crippen LogP contribution < -0.4 is 0 Å². The molecular weight excluding hydrogens is 250 g/mol. The van der Waals surface area contributed by atoms with E-state index in [0.29, 0.717) is 12.4 Å². The van der Waals surface area contributed by atoms with E-state index >= 15 is 0 Å². The van der Waals surface area contributed by atoms with E-state index < -0.39 is 0 Å². The Bertz CT molecular complexity index is 525. The molecule has 0 bridgehead atoms. The summed E-state index contributed by atoms with van der Waals surface area (Å²) in [6, 6.07) is 7.26. The average Bonchev–Trinajstić information content (AvgIpc) is 2.75. The minimum Gasteiger partial charge on any atom is -0.508 e. The lowest BCUT2D eigenvalue weighted by atomic mass is 10.2. The van der Waals surface area contributed by atoms with Crippen LogP contribution in [0, 0.1) is 0 Å². The van der Waals surface area contributed by atoms with Crippen LogP contribution in [0.4, 0.5) is 0 Å². The van der Waals surface area contributed by atoms with Gasteiger partial charge in [-0.3, -0.25) is 0 Å². The Morgan fingerprint density at radius 2 is 2.11 bits per heavy atom. The molecule has 0 amide bonds. The Hall–Kier alpha value is -1.55. The van der Waals surface area contributed by atoms with E-state index in [-0.39, 0.29) is 5.75 Å². The molecule has 0 atom stereocenters. The molecule has 0 spiro atoms. The van der Waals surface area contributed by atoms with Crippen molar-refractivity contribution in [1.82, 2.24) is 15.0 Å². The third kappa shape index (κ3) is 2.64. The topological polar surface area (TPSA) is 50.9 Å². The van der Waals surface area contributed by atoms with Crippen molar-refractivity contribution in [2.45, 2.75) is 32.2 Å². The van der Waals surface area contributed by atoms with Gasteiger partial charge in [-0.2, -0.15) is 0 Å². The average molecular weight is 266 g/mol. The van der Waals surface area contributed by atoms with Gasteiger partial charge in [-0.1, -0.05) is 36.8 Å². The Morgan fingerprint density at radius 1 is 1.33 bits per heavy atom. The summed E-state index contributed by atoms with van der Waals surface area (Å²) >= 11 is 5.85. The van der Waals surface area contributed by atoms with Gasteiger partial charge in [0, 0.05) is 5.56 Å². The van der Waals surface area contributed by atoms with Crippen molar-refractivity contribution in [3.63, 3.8) is 0 Å². The molecule has 1 N–H and O–H groups in total. The zero-order valence-corrected chi connectivity index (χ0v) is 11.1. The second-order valence-electron chi connectivity index (χ2n) is 4.15. The molecule has 2 rings (SSSR count). The number of hydrogen-bond donors (Lipinski definition) is 1. The number of aromatic hydroxyl groups is 1. The number of hydrogen-bond acceptors (Lipinski definition) is 3. The fourth-order valence-electron chi connectivity index (χ4n) is 1.92. The third-order valence-corrected chi connectivity index (χ3v) is 3.10. The van der Waals surface area contributed by atoms with E-state index in [4.69, 9.17) is 11.6 Å². The highest BCUT2D eigenvalue weighted by atomic mass is 35.5. The van der Waals surface area contributed by atoms with Crippen LogP contribution in [0.25, 0.3) is 0 Å². The van der Waals surface area contributed by atoms with Crippen molar-refractivity contribution in [2.75, 3.05) is 0 Å². The molecule has 96 valence electrons. The second kappa shape index (κ2) is 5.87. The molecular formula is C13H16ClN3O. The number of rotatable bonds is 5. The van der Waals surface area contributed by atoms with Crippen molar-refractivity contribution in [1.29, 1.82) is 0 Å². The van der Waals surface area contributed by atoms with E-state index in [9.17, 15) is 5.11 Å². The van der Waals surface area contributed by atoms with Crippen LogP contribution in [0.2, 0.25) is 0 Å². The molecule has 5 heteroatoms. The summed E-state index contributed by atoms with van der Waals surface area (Å²) in [6.07, 6.45) is 1.90. The van der Waals surface area contributed by atoms with E-state index in [1.165, 1.54) is 0 Å². The van der Waals surface area contributed by atoms with Crippen LogP contribution in [0.5, 0.6) is 5.75 Å². The zero-order valence-electron chi connectivity index (χ0n) is 10.3. The highest BCUT2D eigenvalue weighted by Crippen LogP contribution is 2.19. The summed E-state index contributed by atoms with van der Waals surface area (Å²) in [5.41, 5.74) is 2.71. The van der Waals surface area contributed by atoms with Gasteiger partial charge in [-0.25, -0.2) is 4.68 Å². The van der Waals surface area contributed by atoms with E-state index in [2.05, 4.69) is 17.2 Å². The number of alkyl halides is 1. The van der Waals surface area contributed by atoms with E-state index in [1.807, 2.05) is 16.8 Å². The first-order valence-corrected chi connectivity index (χ1v) is 6.53. The first-order chi connectivity index (χ1) is 8.76. The summed E-state index contributed by atoms with van der Waals surface area (Å²) in [5, 5.41) is 18.0. The van der Waals surface area contributed by atoms with Gasteiger partial charge in [0.25, 0.3) is 0 Å². The van der Waals surface area contributed by atoms with Gasteiger partial charge in [-0.05, 0) is 12.5 Å². The number of benzene rings is 1. The number of phenols is 1. The second-order valence-corrected chi connectivity index (χ2v) is 4.42. The molecule has 0 saturated heterocycles. The Balaban J connectivity index is 2.29. The molecule has 0 aliphatic heterocycles. The Kier molecular flexibility index (Phi) is 4.20. The maximum absolute atomic E-state index is 9.77. The van der Waals surface area contributed by atoms with E-state index in [0.717, 1.165) is 29.8 Å². The lowest BCUT2D eigenvalue weighted by molar-refractivity contribution is 0.462. The van der Waals surface area contributed by atoms with Crippen molar-refractivity contribution in [2.24, 2.45) is 0 Å². The summed E-state index contributed by atoms with van der Waals surface area (Å²) in [7, 11) is 0. The van der Waals surface area contributed by atoms with Crippen LogP contribution in [0.3, 0.4) is 0 Å². The molecule has 0 fully saturated rings. The molecule has 1 heterocycles. The molecule has 0 saturated carbocycles. The normalized spacial score (nSPS) is 10.8. The summed E-state index contributed by atoms with van der Waals surface area (Å²) in [6.45, 7) is 2.63. The van der Waals surface area contributed by atoms with Gasteiger partial charge in [0.2, 0.25) is 0 Å². The molecule has 4 nitrogen and oxygen atoms in total. The minimum atomic E-state index is 0.280. The number of phenolic OH excluding ortho intramolecular Hbond substituents is 1. The molecule has 0 aliphatic rings. The van der Waals surface area contributed by atoms with Gasteiger partial charge in [0.15, 0.2) is 0 Å². The van der Waals surface area contributed by atoms with Crippen molar-refractivity contribution < 1.29 is 5.11 Å².